The summed E-state index contributed by atoms with van der Waals surface area (Å²) in [6.45, 7) is 4.23. The Kier molecular flexibility index (Phi) is 3.28. The monoisotopic (exact) mass is 244 g/mol. The molecule has 2 aromatic rings. The molecular formula is C14H20N4. The summed E-state index contributed by atoms with van der Waals surface area (Å²) in [5, 5.41) is 4.55. The highest BCUT2D eigenvalue weighted by Crippen LogP contribution is 2.22. The fraction of sp³-hybridized carbons (Fsp3) is 0.357. The van der Waals surface area contributed by atoms with Gasteiger partial charge in [-0.1, -0.05) is 19.9 Å². The molecule has 0 aliphatic heterocycles. The van der Waals surface area contributed by atoms with Crippen molar-refractivity contribution in [2.24, 2.45) is 0 Å². The summed E-state index contributed by atoms with van der Waals surface area (Å²) >= 11 is 0. The minimum atomic E-state index is 0.380. The summed E-state index contributed by atoms with van der Waals surface area (Å²) in [5.41, 5.74) is 9.16. The Labute approximate surface area is 108 Å². The summed E-state index contributed by atoms with van der Waals surface area (Å²) < 4.78 is 1.79. The zero-order valence-corrected chi connectivity index (χ0v) is 11.4. The molecule has 0 fully saturated rings. The first-order valence-electron chi connectivity index (χ1n) is 6.12. The number of benzene rings is 1. The maximum absolute atomic E-state index is 6.02. The van der Waals surface area contributed by atoms with E-state index in [1.165, 1.54) is 0 Å². The first kappa shape index (κ1) is 12.5. The maximum atomic E-state index is 6.02. The number of hydrogen-bond acceptors (Lipinski definition) is 3. The Morgan fingerprint density at radius 2 is 1.94 bits per heavy atom. The van der Waals surface area contributed by atoms with Gasteiger partial charge in [0.25, 0.3) is 0 Å². The summed E-state index contributed by atoms with van der Waals surface area (Å²) in [5.74, 6) is 1.06. The molecule has 4 heteroatoms. The van der Waals surface area contributed by atoms with Gasteiger partial charge in [-0.25, -0.2) is 4.68 Å². The van der Waals surface area contributed by atoms with Crippen LogP contribution in [0.25, 0.3) is 5.69 Å². The summed E-state index contributed by atoms with van der Waals surface area (Å²) in [6, 6.07) is 10.1. The minimum absolute atomic E-state index is 0.380. The van der Waals surface area contributed by atoms with Gasteiger partial charge in [-0.3, -0.25) is 0 Å². The molecular weight excluding hydrogens is 224 g/mol. The van der Waals surface area contributed by atoms with E-state index in [9.17, 15) is 0 Å². The van der Waals surface area contributed by atoms with Crippen molar-refractivity contribution in [3.63, 3.8) is 0 Å². The minimum Gasteiger partial charge on any atom is -0.384 e. The van der Waals surface area contributed by atoms with E-state index < -0.39 is 0 Å². The SMILES string of the molecule is CC(C)c1cc(N)n(-c2cccc(N(C)C)c2)n1. The molecule has 1 heterocycles. The second kappa shape index (κ2) is 4.72. The van der Waals surface area contributed by atoms with Crippen molar-refractivity contribution in [1.82, 2.24) is 9.78 Å². The third-order valence-corrected chi connectivity index (χ3v) is 2.94. The van der Waals surface area contributed by atoms with E-state index in [0.29, 0.717) is 11.7 Å². The van der Waals surface area contributed by atoms with Gasteiger partial charge in [0.1, 0.15) is 5.82 Å². The van der Waals surface area contributed by atoms with Gasteiger partial charge in [0.05, 0.1) is 11.4 Å². The number of nitrogens with two attached hydrogens (primary N) is 1. The maximum Gasteiger partial charge on any atom is 0.127 e. The molecule has 0 saturated carbocycles. The van der Waals surface area contributed by atoms with E-state index in [1.54, 1.807) is 4.68 Å². The molecule has 18 heavy (non-hydrogen) atoms. The third-order valence-electron chi connectivity index (χ3n) is 2.94. The van der Waals surface area contributed by atoms with E-state index in [-0.39, 0.29) is 0 Å². The highest BCUT2D eigenvalue weighted by molar-refractivity contribution is 5.54. The van der Waals surface area contributed by atoms with Crippen molar-refractivity contribution in [1.29, 1.82) is 0 Å². The molecule has 0 atom stereocenters. The topological polar surface area (TPSA) is 47.1 Å². The van der Waals surface area contributed by atoms with Gasteiger partial charge in [0, 0.05) is 25.8 Å². The zero-order valence-electron chi connectivity index (χ0n) is 11.4. The lowest BCUT2D eigenvalue weighted by atomic mass is 10.1. The van der Waals surface area contributed by atoms with Gasteiger partial charge in [-0.05, 0) is 24.1 Å². The average molecular weight is 244 g/mol. The highest BCUT2D eigenvalue weighted by Gasteiger charge is 2.10. The normalized spacial score (nSPS) is 10.9. The van der Waals surface area contributed by atoms with Crippen molar-refractivity contribution in [3.8, 4) is 5.69 Å². The van der Waals surface area contributed by atoms with Gasteiger partial charge in [0.2, 0.25) is 0 Å². The van der Waals surface area contributed by atoms with Crippen molar-refractivity contribution in [3.05, 3.63) is 36.0 Å². The largest absolute Gasteiger partial charge is 0.384 e. The number of anilines is 2. The summed E-state index contributed by atoms with van der Waals surface area (Å²) in [6.07, 6.45) is 0. The van der Waals surface area contributed by atoms with E-state index >= 15 is 0 Å². The lowest BCUT2D eigenvalue weighted by Crippen LogP contribution is -2.09. The van der Waals surface area contributed by atoms with Crippen LogP contribution < -0.4 is 10.6 Å². The predicted molar refractivity (Wildman–Crippen MR) is 76.4 cm³/mol. The van der Waals surface area contributed by atoms with Gasteiger partial charge in [-0.2, -0.15) is 5.10 Å². The number of nitrogens with zero attached hydrogens (tertiary/aromatic N) is 3. The van der Waals surface area contributed by atoms with Crippen molar-refractivity contribution in [2.75, 3.05) is 24.7 Å². The Hall–Kier alpha value is -1.97. The Morgan fingerprint density at radius 3 is 2.50 bits per heavy atom. The fourth-order valence-corrected chi connectivity index (χ4v) is 1.81. The van der Waals surface area contributed by atoms with Gasteiger partial charge in [-0.15, -0.1) is 0 Å². The third kappa shape index (κ3) is 2.32. The molecule has 4 nitrogen and oxygen atoms in total. The Bertz CT molecular complexity index is 540. The predicted octanol–water partition coefficient (Wildman–Crippen LogP) is 2.64. The fourth-order valence-electron chi connectivity index (χ4n) is 1.81. The molecule has 2 rings (SSSR count). The van der Waals surface area contributed by atoms with Crippen LogP contribution in [0.3, 0.4) is 0 Å². The van der Waals surface area contributed by atoms with E-state index in [4.69, 9.17) is 5.73 Å². The summed E-state index contributed by atoms with van der Waals surface area (Å²) in [4.78, 5) is 2.06. The Morgan fingerprint density at radius 1 is 1.22 bits per heavy atom. The molecule has 0 saturated heterocycles. The molecule has 96 valence electrons. The first-order chi connectivity index (χ1) is 8.49. The van der Waals surface area contributed by atoms with E-state index in [2.05, 4.69) is 36.0 Å². The number of hydrogen-bond donors (Lipinski definition) is 1. The van der Waals surface area contributed by atoms with Crippen LogP contribution in [-0.2, 0) is 0 Å². The summed E-state index contributed by atoms with van der Waals surface area (Å²) in [7, 11) is 4.04. The second-order valence-electron chi connectivity index (χ2n) is 4.97. The van der Waals surface area contributed by atoms with Crippen LogP contribution in [0.1, 0.15) is 25.5 Å². The molecule has 0 aliphatic carbocycles. The van der Waals surface area contributed by atoms with E-state index in [1.807, 2.05) is 32.3 Å². The molecule has 0 aliphatic rings. The molecule has 0 spiro atoms. The lowest BCUT2D eigenvalue weighted by Gasteiger charge is -2.14. The van der Waals surface area contributed by atoms with Crippen LogP contribution in [0.5, 0.6) is 0 Å². The smallest absolute Gasteiger partial charge is 0.127 e. The van der Waals surface area contributed by atoms with Gasteiger partial charge in [0.15, 0.2) is 0 Å². The Balaban J connectivity index is 2.45. The van der Waals surface area contributed by atoms with Crippen LogP contribution in [-0.4, -0.2) is 23.9 Å². The van der Waals surface area contributed by atoms with Crippen LogP contribution >= 0.6 is 0 Å². The zero-order chi connectivity index (χ0) is 13.3. The van der Waals surface area contributed by atoms with Crippen molar-refractivity contribution < 1.29 is 0 Å². The van der Waals surface area contributed by atoms with Crippen LogP contribution in [0, 0.1) is 0 Å². The molecule has 2 N–H and O–H groups in total. The molecule has 0 unspecified atom stereocenters. The standard InChI is InChI=1S/C14H20N4/c1-10(2)13-9-14(15)18(16-13)12-7-5-6-11(8-12)17(3)4/h5-10H,15H2,1-4H3. The number of nitrogen functional groups attached to an aromatic ring is 1. The van der Waals surface area contributed by atoms with Crippen molar-refractivity contribution in [2.45, 2.75) is 19.8 Å². The van der Waals surface area contributed by atoms with Crippen LogP contribution in [0.4, 0.5) is 11.5 Å². The van der Waals surface area contributed by atoms with E-state index in [0.717, 1.165) is 17.1 Å². The molecule has 0 radical (unpaired) electrons. The number of rotatable bonds is 3. The van der Waals surface area contributed by atoms with Crippen molar-refractivity contribution >= 4 is 11.5 Å². The second-order valence-corrected chi connectivity index (χ2v) is 4.97. The van der Waals surface area contributed by atoms with Crippen LogP contribution in [0.2, 0.25) is 0 Å². The highest BCUT2D eigenvalue weighted by atomic mass is 15.3. The average Bonchev–Trinajstić information content (AvgIpc) is 2.72. The number of aromatic nitrogens is 2. The van der Waals surface area contributed by atoms with Crippen LogP contribution in [0.15, 0.2) is 30.3 Å². The molecule has 1 aromatic carbocycles. The molecule has 0 amide bonds. The van der Waals surface area contributed by atoms with Gasteiger partial charge < -0.3 is 10.6 Å². The molecule has 0 bridgehead atoms. The first-order valence-corrected chi connectivity index (χ1v) is 6.12. The lowest BCUT2D eigenvalue weighted by molar-refractivity contribution is 0.771. The molecule has 1 aromatic heterocycles. The van der Waals surface area contributed by atoms with Gasteiger partial charge >= 0.3 is 0 Å². The quantitative estimate of drug-likeness (QED) is 0.903.